The Labute approximate surface area is 884 Å². The Morgan fingerprint density at radius 2 is 0.299 bits per heavy atom. The fourth-order valence-electron chi connectivity index (χ4n) is 8.22. The first kappa shape index (κ1) is 172. The van der Waals surface area contributed by atoms with E-state index < -0.39 is 36.3 Å². The third kappa shape index (κ3) is 255. The summed E-state index contributed by atoms with van der Waals surface area (Å²) in [6.07, 6.45) is 30.2. The lowest BCUT2D eigenvalue weighted by atomic mass is 10.2. The first-order valence-corrected chi connectivity index (χ1v) is 49.1. The van der Waals surface area contributed by atoms with Gasteiger partial charge in [0.1, 0.15) is 13.2 Å². The lowest BCUT2D eigenvalue weighted by Crippen LogP contribution is -1.98. The van der Waals surface area contributed by atoms with Gasteiger partial charge in [-0.25, -0.2) is 0 Å². The van der Waals surface area contributed by atoms with Gasteiger partial charge in [0.2, 0.25) is 0 Å². The molecule has 0 amide bonds. The van der Waals surface area contributed by atoms with E-state index in [0.717, 1.165) is 243 Å². The predicted molar refractivity (Wildman–Crippen MR) is 573 cm³/mol. The largest absolute Gasteiger partial charge is 0.502 e. The van der Waals surface area contributed by atoms with Crippen LogP contribution in [0.3, 0.4) is 0 Å². The molecule has 147 heavy (non-hydrogen) atoms. The number of methoxy groups -OCH3 is 15. The van der Waals surface area contributed by atoms with Crippen LogP contribution < -0.4 is 0 Å². The monoisotopic (exact) mass is 2160 g/mol. The third-order valence-corrected chi connectivity index (χ3v) is 15.3. The molecular weight excluding hydrogens is 1950 g/mol. The molecule has 0 aliphatic heterocycles. The summed E-state index contributed by atoms with van der Waals surface area (Å²) >= 11 is 0. The molecule has 0 atom stereocenters. The number of rotatable bonds is 87. The van der Waals surface area contributed by atoms with E-state index >= 15 is 0 Å². The first-order valence-electron chi connectivity index (χ1n) is 49.1. The van der Waals surface area contributed by atoms with Gasteiger partial charge < -0.3 is 142 Å². The van der Waals surface area contributed by atoms with Crippen LogP contribution in [0.25, 0.3) is 0 Å². The van der Waals surface area contributed by atoms with Gasteiger partial charge in [0.05, 0.1) is 158 Å². The van der Waals surface area contributed by atoms with Crippen molar-refractivity contribution in [3.05, 3.63) is 187 Å². The van der Waals surface area contributed by atoms with E-state index in [1.54, 1.807) is 106 Å². The molecule has 0 unspecified atom stereocenters. The van der Waals surface area contributed by atoms with Gasteiger partial charge in [-0.3, -0.25) is 0 Å². The zero-order valence-electron chi connectivity index (χ0n) is 94.9. The van der Waals surface area contributed by atoms with Gasteiger partial charge in [-0.1, -0.05) is 98.2 Å². The normalized spacial score (nSPS) is 9.27. The van der Waals surface area contributed by atoms with Crippen LogP contribution in [0.1, 0.15) is 228 Å². The summed E-state index contributed by atoms with van der Waals surface area (Å²) in [4.78, 5) is 0. The van der Waals surface area contributed by atoms with Gasteiger partial charge in [0.15, 0.2) is 13.6 Å². The van der Waals surface area contributed by atoms with E-state index in [-0.39, 0.29) is 19.8 Å². The maximum atomic E-state index is 12.0. The highest BCUT2D eigenvalue weighted by atomic mass is 19.3. The number of ether oxygens (including phenoxy) is 30. The molecule has 0 heterocycles. The zero-order chi connectivity index (χ0) is 115. The molecule has 0 aromatic carbocycles. The van der Waals surface area contributed by atoms with Crippen molar-refractivity contribution < 1.29 is 182 Å². The van der Waals surface area contributed by atoms with Crippen molar-refractivity contribution in [2.75, 3.05) is 292 Å². The minimum Gasteiger partial charge on any atom is -0.502 e. The molecule has 0 rings (SSSR count). The molecule has 0 saturated carbocycles. The van der Waals surface area contributed by atoms with E-state index in [1.165, 1.54) is 83.2 Å². The van der Waals surface area contributed by atoms with Crippen LogP contribution in [0.2, 0.25) is 0 Å². The first-order chi connectivity index (χ1) is 70.6. The minimum absolute atomic E-state index is 0.00381. The second-order valence-electron chi connectivity index (χ2n) is 29.2. The Hall–Kier alpha value is -8.13. The quantitative estimate of drug-likeness (QED) is 0.0237. The highest BCUT2D eigenvalue weighted by Crippen LogP contribution is 2.15. The van der Waals surface area contributed by atoms with Gasteiger partial charge in [0.25, 0.3) is 0 Å². The number of allylic oxidation sites excluding steroid dienone is 6. The van der Waals surface area contributed by atoms with Crippen LogP contribution in [0.5, 0.6) is 0 Å². The summed E-state index contributed by atoms with van der Waals surface area (Å²) in [5, 5.41) is 0. The van der Waals surface area contributed by atoms with Crippen LogP contribution in [-0.2, 0) is 142 Å². The molecule has 0 saturated heterocycles. The summed E-state index contributed by atoms with van der Waals surface area (Å²) in [5.74, 6) is 4.59. The third-order valence-electron chi connectivity index (χ3n) is 15.3. The molecule has 0 aromatic heterocycles. The van der Waals surface area contributed by atoms with Crippen molar-refractivity contribution >= 4 is 0 Å². The SMILES string of the molecule is C=C(C)OCCCCCCOC.C=C(C)OCCCCCOC.C=C(C)OCCCCOC.C=C(C)OCCCOC.C=C(C)OCCOC.C=C(C)OCOC.C=COCCCCCCOC.C=COCCCCCOC.C=COCCCCOC.C=COCCCOC.C=COCCOC.C=COCOC.COCCCCCCOC(F)=C(F)F.COCCCCCOC(F)=C(F)F.COCCCCOC(F)=C(F)F. The van der Waals surface area contributed by atoms with Crippen molar-refractivity contribution in [3.8, 4) is 0 Å². The molecule has 0 radical (unpaired) electrons. The average molecular weight is 2160 g/mol. The summed E-state index contributed by atoms with van der Waals surface area (Å²) in [6, 6.07) is -5.32. The second-order valence-corrected chi connectivity index (χ2v) is 29.2. The van der Waals surface area contributed by atoms with Gasteiger partial charge in [-0.05, 0) is 196 Å². The van der Waals surface area contributed by atoms with E-state index in [4.69, 9.17) is 104 Å². The maximum Gasteiger partial charge on any atom is 0.342 e. The molecule has 0 N–H and O–H groups in total. The summed E-state index contributed by atoms with van der Waals surface area (Å²) < 4.78 is 248. The van der Waals surface area contributed by atoms with E-state index in [2.05, 4.69) is 117 Å². The van der Waals surface area contributed by atoms with Crippen molar-refractivity contribution in [2.45, 2.75) is 228 Å². The minimum atomic E-state index is -2.42. The summed E-state index contributed by atoms with van der Waals surface area (Å²) in [7, 11) is 24.8. The smallest absolute Gasteiger partial charge is 0.342 e. The summed E-state index contributed by atoms with van der Waals surface area (Å²) in [6.45, 7) is 70.5. The van der Waals surface area contributed by atoms with E-state index in [0.29, 0.717) is 104 Å². The Kier molecular flexibility index (Phi) is 207. The molecule has 0 bridgehead atoms. The van der Waals surface area contributed by atoms with Crippen molar-refractivity contribution in [3.63, 3.8) is 0 Å². The Morgan fingerprint density at radius 1 is 0.150 bits per heavy atom. The average Bonchev–Trinajstić information content (AvgIpc) is 1.02. The number of halogens is 9. The van der Waals surface area contributed by atoms with Crippen LogP contribution >= 0.6 is 0 Å². The Morgan fingerprint density at radius 3 is 0.497 bits per heavy atom. The van der Waals surface area contributed by atoms with Gasteiger partial charge in [-0.2, -0.15) is 39.5 Å². The topological polar surface area (TPSA) is 277 Å². The summed E-state index contributed by atoms with van der Waals surface area (Å²) in [5.41, 5.74) is 0. The number of hydrogen-bond acceptors (Lipinski definition) is 30. The molecule has 0 spiro atoms. The second kappa shape index (κ2) is 177. The van der Waals surface area contributed by atoms with Crippen molar-refractivity contribution in [2.24, 2.45) is 0 Å². The Bertz CT molecular complexity index is 2670. The van der Waals surface area contributed by atoms with Crippen LogP contribution in [0, 0.1) is 0 Å². The number of hydrogen-bond donors (Lipinski definition) is 0. The molecule has 39 heteroatoms. The van der Waals surface area contributed by atoms with Crippen molar-refractivity contribution in [1.29, 1.82) is 0 Å². The van der Waals surface area contributed by atoms with Crippen LogP contribution in [0.15, 0.2) is 187 Å². The number of unbranched alkanes of at least 4 members (excludes halogenated alkanes) is 18. The van der Waals surface area contributed by atoms with Crippen molar-refractivity contribution in [1.82, 2.24) is 0 Å². The molecule has 30 nitrogen and oxygen atoms in total. The van der Waals surface area contributed by atoms with Gasteiger partial charge in [-0.15, -0.1) is 0 Å². The molecule has 0 aromatic rings. The molecule has 0 fully saturated rings. The molecule has 882 valence electrons. The molecule has 0 aliphatic rings. The highest BCUT2D eigenvalue weighted by Gasteiger charge is 2.08. The fourth-order valence-corrected chi connectivity index (χ4v) is 8.22. The Balaban J connectivity index is -0.0000000981. The van der Waals surface area contributed by atoms with Gasteiger partial charge >= 0.3 is 36.3 Å². The predicted octanol–water partition coefficient (Wildman–Crippen LogP) is 28.1. The fraction of sp³-hybridized carbons (Fsp3) is 0.722. The van der Waals surface area contributed by atoms with E-state index in [9.17, 15) is 39.5 Å². The van der Waals surface area contributed by atoms with Crippen LogP contribution in [-0.4, -0.2) is 292 Å². The zero-order valence-corrected chi connectivity index (χ0v) is 94.9. The van der Waals surface area contributed by atoms with E-state index in [1.807, 2.05) is 34.6 Å². The molecular formula is C108H207F9O30. The molecule has 0 aliphatic carbocycles. The highest BCUT2D eigenvalue weighted by molar-refractivity contribution is 4.82. The van der Waals surface area contributed by atoms with Gasteiger partial charge in [0, 0.05) is 192 Å². The lowest BCUT2D eigenvalue weighted by Gasteiger charge is -2.04. The lowest BCUT2D eigenvalue weighted by molar-refractivity contribution is 0.00677. The van der Waals surface area contributed by atoms with Crippen LogP contribution in [0.4, 0.5) is 39.5 Å². The standard InChI is InChI=1S/C10H20O2.C9H15F3O2.2C9H18O2.C8H13F3O2.2C8H16O2.C7H11F3O2.2C7H14O2.2C6H12O2.2C5H10O2.C4H8O2/c1-10(2)12-9-7-5-4-6-8-11-3;1-13-6-4-2-3-5-7-14-9(12)8(10)11;1-9(2)11-8-6-4-5-7-10-3;1-3-11-9-7-5-4-6-8-10-2;1-12-5-3-2-4-6-13-8(11)7(9)10;1-8(2)10-7-5-4-6-9-3;1-3-10-8-6-4-5-7-9-2;1-11-4-2-3-5-12-7(10)6(8)9;1-7(2)9-6-4-5-8-3;1-3-9-7-5-4-6-8-2;1-6(2)8-5-4-7-3;1-3-8-6-4-5-7-2;1-5(2)7-4-6-3;1-3-7-5-4-6-2;1-3-6-4-5-2/h1,4-9H2,2-3H3;2-7H2,1H3;1,4-8H2,2-3H3;3H,1,4-9H2,2H3;2-6H2,1H3;1,4-7H2,2-3H3;3H,1,4-8H2,2H3;2-5H2,1H3;1,4-6H2,2-3H3;3H,1,4-7H2,2H3;1,4-5H2,2-3H3;3H,1,4-6H2,2H3;1,4H2,2-3H3;3H,1,4-5H2,2H3;3H,1,4H2,2H3. The maximum absolute atomic E-state index is 12.0.